The second-order valence-corrected chi connectivity index (χ2v) is 13.2. The molecule has 1 aromatic rings. The number of esters is 1. The number of carboxylic acid groups (broad SMARTS) is 1. The summed E-state index contributed by atoms with van der Waals surface area (Å²) in [5, 5.41) is 9.76. The van der Waals surface area contributed by atoms with Gasteiger partial charge in [0.15, 0.2) is 11.6 Å². The van der Waals surface area contributed by atoms with Crippen molar-refractivity contribution in [2.24, 2.45) is 35.5 Å². The van der Waals surface area contributed by atoms with Crippen molar-refractivity contribution in [3.8, 4) is 0 Å². The number of ether oxygens (including phenoxy) is 1. The monoisotopic (exact) mass is 625 g/mol. The number of carboxylic acids is 1. The van der Waals surface area contributed by atoms with Crippen molar-refractivity contribution in [1.29, 1.82) is 0 Å². The molecule has 6 atom stereocenters. The molecule has 0 spiro atoms. The predicted octanol–water partition coefficient (Wildman–Crippen LogP) is 4.25. The first-order valence-electron chi connectivity index (χ1n) is 16.1. The lowest BCUT2D eigenvalue weighted by Crippen LogP contribution is -2.48. The van der Waals surface area contributed by atoms with E-state index in [1.807, 2.05) is 20.8 Å². The number of ketones is 4. The summed E-state index contributed by atoms with van der Waals surface area (Å²) in [6.45, 7) is 8.96. The molecule has 1 saturated carbocycles. The highest BCUT2D eigenvalue weighted by Crippen LogP contribution is 2.42. The van der Waals surface area contributed by atoms with Crippen LogP contribution in [-0.2, 0) is 44.7 Å². The number of carbonyl (C=O) groups excluding carboxylic acids is 6. The third kappa shape index (κ3) is 9.17. The van der Waals surface area contributed by atoms with Crippen LogP contribution in [0, 0.1) is 35.5 Å². The largest absolute Gasteiger partial charge is 0.481 e. The average Bonchev–Trinajstić information content (AvgIpc) is 3.53. The van der Waals surface area contributed by atoms with Crippen LogP contribution in [0.2, 0.25) is 0 Å². The van der Waals surface area contributed by atoms with Gasteiger partial charge in [-0.15, -0.1) is 0 Å². The fourth-order valence-corrected chi connectivity index (χ4v) is 6.79. The molecule has 10 nitrogen and oxygen atoms in total. The summed E-state index contributed by atoms with van der Waals surface area (Å²) in [5.41, 5.74) is 0.731. The van der Waals surface area contributed by atoms with Crippen molar-refractivity contribution in [3.63, 3.8) is 0 Å². The summed E-state index contributed by atoms with van der Waals surface area (Å²) in [6, 6.07) is 7.91. The first kappa shape index (κ1) is 35.8. The summed E-state index contributed by atoms with van der Waals surface area (Å²) in [7, 11) is 0. The Hall–Kier alpha value is -3.69. The fourth-order valence-electron chi connectivity index (χ4n) is 6.79. The molecule has 0 radical (unpaired) electrons. The number of nitrogens with zero attached hydrogens (tertiary/aromatic N) is 1. The Balaban J connectivity index is 1.80. The molecule has 0 aromatic heterocycles. The Kier molecular flexibility index (Phi) is 12.8. The lowest BCUT2D eigenvalue weighted by molar-refractivity contribution is -0.154. The zero-order valence-corrected chi connectivity index (χ0v) is 27.0. The number of Topliss-reactive ketones (excluding diaryl/α,β-unsaturated/α-hetero) is 4. The first-order chi connectivity index (χ1) is 21.2. The third-order valence-electron chi connectivity index (χ3n) is 9.11. The van der Waals surface area contributed by atoms with Gasteiger partial charge in [-0.3, -0.25) is 33.6 Å². The Morgan fingerprint density at radius 1 is 0.956 bits per heavy atom. The molecule has 1 aliphatic carbocycles. The molecule has 0 unspecified atom stereocenters. The van der Waals surface area contributed by atoms with Gasteiger partial charge in [-0.1, -0.05) is 57.5 Å². The van der Waals surface area contributed by atoms with Crippen LogP contribution in [0.25, 0.3) is 0 Å². The number of likely N-dealkylation sites (tertiary alicyclic amines) is 1. The molecule has 2 fully saturated rings. The van der Waals surface area contributed by atoms with Crippen LogP contribution >= 0.6 is 0 Å². The van der Waals surface area contributed by atoms with Crippen LogP contribution in [0.1, 0.15) is 85.1 Å². The van der Waals surface area contributed by atoms with E-state index in [0.717, 1.165) is 5.56 Å². The van der Waals surface area contributed by atoms with Gasteiger partial charge in [0, 0.05) is 37.6 Å². The predicted molar refractivity (Wildman–Crippen MR) is 165 cm³/mol. The Bertz CT molecular complexity index is 1270. The van der Waals surface area contributed by atoms with Gasteiger partial charge in [0.2, 0.25) is 11.7 Å². The Morgan fingerprint density at radius 3 is 2.20 bits per heavy atom. The molecule has 2 aliphatic rings. The maximum absolute atomic E-state index is 14.0. The number of amides is 1. The van der Waals surface area contributed by atoms with Crippen LogP contribution in [0.3, 0.4) is 0 Å². The number of hydrogen-bond acceptors (Lipinski definition) is 8. The molecule has 45 heavy (non-hydrogen) atoms. The number of aliphatic carboxylic acids is 1. The van der Waals surface area contributed by atoms with Crippen molar-refractivity contribution in [2.75, 3.05) is 6.54 Å². The van der Waals surface area contributed by atoms with E-state index in [4.69, 9.17) is 4.74 Å². The number of fused-ring (bicyclic) bond motifs is 1. The molecule has 1 aromatic carbocycles. The van der Waals surface area contributed by atoms with E-state index >= 15 is 0 Å². The second kappa shape index (κ2) is 16.0. The van der Waals surface area contributed by atoms with E-state index in [-0.39, 0.29) is 56.0 Å². The van der Waals surface area contributed by atoms with E-state index < -0.39 is 71.3 Å². The van der Waals surface area contributed by atoms with Crippen LogP contribution < -0.4 is 0 Å². The maximum Gasteiger partial charge on any atom is 0.307 e. The summed E-state index contributed by atoms with van der Waals surface area (Å²) in [5.74, 6) is -8.05. The zero-order valence-electron chi connectivity index (χ0n) is 27.0. The number of rotatable bonds is 17. The topological polar surface area (TPSA) is 152 Å². The lowest BCUT2D eigenvalue weighted by Gasteiger charge is -2.32. The summed E-state index contributed by atoms with van der Waals surface area (Å²) >= 11 is 0. The highest BCUT2D eigenvalue weighted by atomic mass is 16.5. The van der Waals surface area contributed by atoms with E-state index in [0.29, 0.717) is 19.3 Å². The van der Waals surface area contributed by atoms with Gasteiger partial charge in [0.1, 0.15) is 5.78 Å². The van der Waals surface area contributed by atoms with Crippen LogP contribution in [0.5, 0.6) is 0 Å². The van der Waals surface area contributed by atoms with Crippen LogP contribution in [-0.4, -0.2) is 69.7 Å². The molecule has 246 valence electrons. The van der Waals surface area contributed by atoms with E-state index in [1.165, 1.54) is 4.90 Å². The Labute approximate surface area is 265 Å². The molecule has 1 amide bonds. The Morgan fingerprint density at radius 2 is 1.62 bits per heavy atom. The number of benzene rings is 1. The quantitative estimate of drug-likeness (QED) is 0.198. The standard InChI is InChI=1S/C35H47NO9/c1-6-10-23(33(41)30(39)17-24(35(43)44)15-22-11-8-7-9-12-22)16-29(38)32-25-13-14-28(37)27(25)19-36(32)34(42)26(20(2)3)18-31(40)45-21(4)5/h7-9,11-12,20-21,23-27,32H,6,10,13-19H2,1-5H3,(H,43,44)/t23-,24-,25+,26+,27+,32+/m1/s1. The minimum Gasteiger partial charge on any atom is -0.481 e. The SMILES string of the molecule is CCC[C@H](CC(=O)[C@@H]1[C@H]2CCC(=O)[C@H]2CN1C(=O)[C@@H](CC(=O)OC(C)C)C(C)C)C(=O)C(=O)C[C@@H](Cc1ccccc1)C(=O)O. The molecule has 1 saturated heterocycles. The van der Waals surface area contributed by atoms with Crippen LogP contribution in [0.15, 0.2) is 30.3 Å². The highest BCUT2D eigenvalue weighted by Gasteiger charge is 2.54. The summed E-state index contributed by atoms with van der Waals surface area (Å²) < 4.78 is 5.28. The van der Waals surface area contributed by atoms with Crippen molar-refractivity contribution in [3.05, 3.63) is 35.9 Å². The smallest absolute Gasteiger partial charge is 0.307 e. The lowest BCUT2D eigenvalue weighted by atomic mass is 9.82. The van der Waals surface area contributed by atoms with Gasteiger partial charge in [-0.2, -0.15) is 0 Å². The van der Waals surface area contributed by atoms with Crippen molar-refractivity contribution >= 4 is 41.0 Å². The normalized spacial score (nSPS) is 21.4. The average molecular weight is 626 g/mol. The molecule has 1 N–H and O–H groups in total. The minimum atomic E-state index is -1.18. The third-order valence-corrected chi connectivity index (χ3v) is 9.11. The second-order valence-electron chi connectivity index (χ2n) is 13.2. The molecule has 10 heteroatoms. The maximum atomic E-state index is 14.0. The summed E-state index contributed by atoms with van der Waals surface area (Å²) in [4.78, 5) is 93.1. The van der Waals surface area contributed by atoms with Gasteiger partial charge in [-0.05, 0) is 50.5 Å². The van der Waals surface area contributed by atoms with E-state index in [9.17, 15) is 38.7 Å². The van der Waals surface area contributed by atoms with Crippen molar-refractivity contribution in [2.45, 2.75) is 98.1 Å². The zero-order chi connectivity index (χ0) is 33.4. The molecular weight excluding hydrogens is 578 g/mol. The first-order valence-corrected chi connectivity index (χ1v) is 16.1. The van der Waals surface area contributed by atoms with Crippen molar-refractivity contribution in [1.82, 2.24) is 4.90 Å². The molecule has 3 rings (SSSR count). The molecule has 1 heterocycles. The number of carbonyl (C=O) groups is 7. The van der Waals surface area contributed by atoms with Crippen LogP contribution in [0.4, 0.5) is 0 Å². The van der Waals surface area contributed by atoms with E-state index in [2.05, 4.69) is 0 Å². The highest BCUT2D eigenvalue weighted by molar-refractivity contribution is 6.38. The molecular formula is C35H47NO9. The van der Waals surface area contributed by atoms with Gasteiger partial charge >= 0.3 is 11.9 Å². The molecule has 0 bridgehead atoms. The minimum absolute atomic E-state index is 0.0112. The van der Waals surface area contributed by atoms with Gasteiger partial charge in [0.05, 0.1) is 30.4 Å². The van der Waals surface area contributed by atoms with Crippen molar-refractivity contribution < 1.29 is 43.4 Å². The fraction of sp³-hybridized carbons (Fsp3) is 0.629. The van der Waals surface area contributed by atoms with E-state index in [1.54, 1.807) is 44.2 Å². The summed E-state index contributed by atoms with van der Waals surface area (Å²) in [6.07, 6.45) is 0.317. The van der Waals surface area contributed by atoms with Gasteiger partial charge < -0.3 is 14.7 Å². The molecule has 1 aliphatic heterocycles. The van der Waals surface area contributed by atoms with Gasteiger partial charge in [-0.25, -0.2) is 0 Å². The number of hydrogen-bond donors (Lipinski definition) is 1. The van der Waals surface area contributed by atoms with Gasteiger partial charge in [0.25, 0.3) is 0 Å².